The van der Waals surface area contributed by atoms with Gasteiger partial charge in [0.05, 0.1) is 19.5 Å². The van der Waals surface area contributed by atoms with E-state index in [1.54, 1.807) is 53.9 Å². The number of allylic oxidation sites excluding steroid dienone is 1. The van der Waals surface area contributed by atoms with Crippen LogP contribution < -0.4 is 11.1 Å². The van der Waals surface area contributed by atoms with E-state index in [9.17, 15) is 14.0 Å². The lowest BCUT2D eigenvalue weighted by molar-refractivity contribution is -0.0977. The minimum Gasteiger partial charge on any atom is -0.449 e. The minimum absolute atomic E-state index is 0.0219. The van der Waals surface area contributed by atoms with E-state index >= 15 is 0 Å². The molecule has 3 N–H and O–H groups in total. The number of nitrogens with zero attached hydrogens (tertiary/aromatic N) is 4. The average Bonchev–Trinajstić information content (AvgIpc) is 3.48. The molecule has 9 nitrogen and oxygen atoms in total. The number of nitrogens with two attached hydrogens (primary N) is 1. The molecule has 2 aromatic rings. The first-order valence-electron chi connectivity index (χ1n) is 12.2. The maximum Gasteiger partial charge on any atom is 0.404 e. The summed E-state index contributed by atoms with van der Waals surface area (Å²) in [6, 6.07) is 1.84. The number of nitrogens with one attached hydrogen (secondary N) is 1. The Morgan fingerprint density at radius 2 is 2.03 bits per heavy atom. The van der Waals surface area contributed by atoms with Gasteiger partial charge in [0, 0.05) is 35.5 Å². The fraction of sp³-hybridized carbons (Fsp3) is 0.600. The SMILES string of the molecule is CC(C)(/C=C/n1ncc(C(=O)N[C@H]2C3CC4CC2C[C@](COC(N)=O)(C4)C3)c1-n1cccn1)CF. The Hall–Kier alpha value is -3.17. The van der Waals surface area contributed by atoms with Crippen molar-refractivity contribution in [2.24, 2.45) is 34.3 Å². The van der Waals surface area contributed by atoms with Crippen molar-refractivity contribution >= 4 is 18.2 Å². The van der Waals surface area contributed by atoms with Gasteiger partial charge in [-0.2, -0.15) is 10.2 Å². The summed E-state index contributed by atoms with van der Waals surface area (Å²) in [6.07, 6.45) is 12.7. The molecule has 4 aliphatic rings. The summed E-state index contributed by atoms with van der Waals surface area (Å²) in [4.78, 5) is 24.8. The van der Waals surface area contributed by atoms with E-state index in [2.05, 4.69) is 15.5 Å². The lowest BCUT2D eigenvalue weighted by atomic mass is 9.48. The number of hydrogen-bond acceptors (Lipinski definition) is 5. The maximum absolute atomic E-state index is 13.5. The number of amides is 2. The highest BCUT2D eigenvalue weighted by molar-refractivity contribution is 5.97. The fourth-order valence-corrected chi connectivity index (χ4v) is 6.62. The molecule has 2 unspecified atom stereocenters. The Balaban J connectivity index is 1.37. The second kappa shape index (κ2) is 8.80. The third-order valence-electron chi connectivity index (χ3n) is 7.96. The Morgan fingerprint density at radius 3 is 2.66 bits per heavy atom. The Kier molecular flexibility index (Phi) is 5.93. The second-order valence-electron chi connectivity index (χ2n) is 11.3. The van der Waals surface area contributed by atoms with E-state index in [-0.39, 0.29) is 17.4 Å². The predicted octanol–water partition coefficient (Wildman–Crippen LogP) is 3.56. The quantitative estimate of drug-likeness (QED) is 0.594. The molecule has 4 aliphatic carbocycles. The third kappa shape index (κ3) is 4.58. The van der Waals surface area contributed by atoms with Gasteiger partial charge in [-0.3, -0.25) is 9.18 Å². The number of halogens is 1. The molecule has 188 valence electrons. The van der Waals surface area contributed by atoms with Crippen LogP contribution >= 0.6 is 0 Å². The zero-order chi connectivity index (χ0) is 24.8. The first-order valence-corrected chi connectivity index (χ1v) is 12.2. The predicted molar refractivity (Wildman–Crippen MR) is 127 cm³/mol. The van der Waals surface area contributed by atoms with Crippen molar-refractivity contribution in [3.8, 4) is 5.82 Å². The third-order valence-corrected chi connectivity index (χ3v) is 7.96. The van der Waals surface area contributed by atoms with E-state index in [1.165, 1.54) is 6.20 Å². The first-order chi connectivity index (χ1) is 16.7. The number of carbonyl (C=O) groups is 2. The highest BCUT2D eigenvalue weighted by Gasteiger charge is 2.56. The number of hydrogen-bond donors (Lipinski definition) is 2. The molecule has 2 heterocycles. The summed E-state index contributed by atoms with van der Waals surface area (Å²) >= 11 is 0. The van der Waals surface area contributed by atoms with Crippen molar-refractivity contribution < 1.29 is 18.7 Å². The number of ether oxygens (including phenoxy) is 1. The van der Waals surface area contributed by atoms with Crippen LogP contribution in [0.5, 0.6) is 0 Å². The van der Waals surface area contributed by atoms with Crippen molar-refractivity contribution in [3.63, 3.8) is 0 Å². The maximum atomic E-state index is 13.5. The lowest BCUT2D eigenvalue weighted by Gasteiger charge is -2.59. The molecule has 0 aliphatic heterocycles. The van der Waals surface area contributed by atoms with E-state index in [0.29, 0.717) is 35.7 Å². The Labute approximate surface area is 203 Å². The Morgan fingerprint density at radius 1 is 1.29 bits per heavy atom. The van der Waals surface area contributed by atoms with Gasteiger partial charge in [0.1, 0.15) is 5.56 Å². The highest BCUT2D eigenvalue weighted by atomic mass is 19.1. The highest BCUT2D eigenvalue weighted by Crippen LogP contribution is 2.60. The molecule has 4 bridgehead atoms. The first kappa shape index (κ1) is 23.6. The molecule has 0 aromatic carbocycles. The molecule has 2 aromatic heterocycles. The summed E-state index contributed by atoms with van der Waals surface area (Å²) in [5.74, 6) is 1.60. The van der Waals surface area contributed by atoms with Gasteiger partial charge >= 0.3 is 6.09 Å². The van der Waals surface area contributed by atoms with Crippen LogP contribution in [-0.4, -0.2) is 50.9 Å². The van der Waals surface area contributed by atoms with Crippen molar-refractivity contribution in [1.82, 2.24) is 24.9 Å². The number of aromatic nitrogens is 4. The summed E-state index contributed by atoms with van der Waals surface area (Å²) in [7, 11) is 0. The van der Waals surface area contributed by atoms with Gasteiger partial charge in [-0.25, -0.2) is 14.2 Å². The zero-order valence-corrected chi connectivity index (χ0v) is 20.2. The minimum atomic E-state index is -0.724. The summed E-state index contributed by atoms with van der Waals surface area (Å²) in [5, 5.41) is 12.0. The van der Waals surface area contributed by atoms with Crippen LogP contribution in [0.4, 0.5) is 9.18 Å². The van der Waals surface area contributed by atoms with Crippen LogP contribution in [0.15, 0.2) is 30.7 Å². The fourth-order valence-electron chi connectivity index (χ4n) is 6.62. The lowest BCUT2D eigenvalue weighted by Crippen LogP contribution is -2.60. The number of rotatable bonds is 8. The molecule has 10 heteroatoms. The van der Waals surface area contributed by atoms with Gasteiger partial charge in [0.15, 0.2) is 5.82 Å². The molecule has 4 saturated carbocycles. The average molecular weight is 485 g/mol. The van der Waals surface area contributed by atoms with E-state index in [1.807, 2.05) is 0 Å². The molecule has 4 fully saturated rings. The van der Waals surface area contributed by atoms with E-state index in [4.69, 9.17) is 10.5 Å². The summed E-state index contributed by atoms with van der Waals surface area (Å²) in [6.45, 7) is 3.45. The molecule has 2 amide bonds. The van der Waals surface area contributed by atoms with Crippen LogP contribution in [0.2, 0.25) is 0 Å². The summed E-state index contributed by atoms with van der Waals surface area (Å²) in [5.41, 5.74) is 4.98. The van der Waals surface area contributed by atoms with Crippen LogP contribution in [0.25, 0.3) is 12.0 Å². The van der Waals surface area contributed by atoms with Crippen molar-refractivity contribution in [3.05, 3.63) is 36.3 Å². The number of primary amides is 1. The number of carbonyl (C=O) groups excluding carboxylic acids is 2. The molecule has 6 rings (SSSR count). The molecular weight excluding hydrogens is 451 g/mol. The van der Waals surface area contributed by atoms with E-state index < -0.39 is 18.2 Å². The van der Waals surface area contributed by atoms with Crippen LogP contribution in [0.3, 0.4) is 0 Å². The van der Waals surface area contributed by atoms with E-state index in [0.717, 1.165) is 32.1 Å². The van der Waals surface area contributed by atoms with Crippen molar-refractivity contribution in [2.45, 2.75) is 52.0 Å². The molecule has 0 saturated heterocycles. The molecule has 35 heavy (non-hydrogen) atoms. The van der Waals surface area contributed by atoms with Gasteiger partial charge in [-0.05, 0) is 55.9 Å². The smallest absolute Gasteiger partial charge is 0.404 e. The standard InChI is InChI=1S/C25H33FN6O3/c1-24(2,14-26)4-7-32-22(31-6-3-5-28-31)19(13-29-32)21(33)30-20-17-8-16-9-18(20)12-25(10-16,11-17)15-35-23(27)34/h3-7,13,16-18,20H,8-12,14-15H2,1-2H3,(H2,27,34)(H,30,33)/b7-4+/t16?,17?,18?,20-,25-. The second-order valence-corrected chi connectivity index (χ2v) is 11.3. The normalized spacial score (nSPS) is 29.6. The van der Waals surface area contributed by atoms with Gasteiger partial charge < -0.3 is 15.8 Å². The number of alkyl halides is 1. The van der Waals surface area contributed by atoms with Crippen molar-refractivity contribution in [1.29, 1.82) is 0 Å². The van der Waals surface area contributed by atoms with Crippen LogP contribution in [0, 0.1) is 28.6 Å². The van der Waals surface area contributed by atoms with Crippen molar-refractivity contribution in [2.75, 3.05) is 13.3 Å². The largest absolute Gasteiger partial charge is 0.449 e. The van der Waals surface area contributed by atoms with Gasteiger partial charge in [-0.1, -0.05) is 19.9 Å². The van der Waals surface area contributed by atoms with Gasteiger partial charge in [0.25, 0.3) is 5.91 Å². The monoisotopic (exact) mass is 484 g/mol. The van der Waals surface area contributed by atoms with Gasteiger partial charge in [-0.15, -0.1) is 0 Å². The van der Waals surface area contributed by atoms with Crippen LogP contribution in [0.1, 0.15) is 56.3 Å². The molecule has 2 atom stereocenters. The summed E-state index contributed by atoms with van der Waals surface area (Å²) < 4.78 is 21.7. The van der Waals surface area contributed by atoms with Gasteiger partial charge in [0.2, 0.25) is 0 Å². The topological polar surface area (TPSA) is 117 Å². The Bertz CT molecular complexity index is 1110. The zero-order valence-electron chi connectivity index (χ0n) is 20.2. The molecule has 0 radical (unpaired) electrons. The van der Waals surface area contributed by atoms with Crippen LogP contribution in [-0.2, 0) is 4.74 Å². The molecule has 0 spiro atoms. The molecular formula is C25H33FN6O3.